The third-order valence-corrected chi connectivity index (χ3v) is 8.21. The molecule has 2 heteroatoms. The third-order valence-electron chi connectivity index (χ3n) is 5.71. The number of hydrogen-bond acceptors (Lipinski definition) is 1. The first-order valence-electron chi connectivity index (χ1n) is 11.5. The predicted octanol–water partition coefficient (Wildman–Crippen LogP) is 6.08. The molecule has 0 aliphatic rings. The first-order valence-corrected chi connectivity index (χ1v) is 12.9. The fraction of sp³-hybridized carbons (Fsp3) is 0. The lowest BCUT2D eigenvalue weighted by atomic mass is 9.98. The first-order chi connectivity index (χ1) is 17.3. The van der Waals surface area contributed by atoms with E-state index in [-0.39, 0.29) is 5.78 Å². The van der Waals surface area contributed by atoms with Crippen molar-refractivity contribution in [1.82, 2.24) is 0 Å². The van der Waals surface area contributed by atoms with Gasteiger partial charge in [-0.15, -0.1) is 0 Å². The van der Waals surface area contributed by atoms with Crippen molar-refractivity contribution in [2.75, 3.05) is 0 Å². The van der Waals surface area contributed by atoms with Crippen LogP contribution in [0.15, 0.2) is 140 Å². The minimum atomic E-state index is -0.773. The van der Waals surface area contributed by atoms with Crippen molar-refractivity contribution in [1.29, 1.82) is 0 Å². The molecule has 0 spiro atoms. The van der Waals surface area contributed by atoms with Gasteiger partial charge in [0.1, 0.15) is 0 Å². The van der Waals surface area contributed by atoms with Crippen LogP contribution in [0.2, 0.25) is 0 Å². The largest absolute Gasteiger partial charge is 0.289 e. The maximum absolute atomic E-state index is 13.2. The number of benzene rings is 5. The van der Waals surface area contributed by atoms with E-state index in [9.17, 15) is 4.79 Å². The molecule has 0 radical (unpaired) electrons. The molecule has 0 aliphatic carbocycles. The van der Waals surface area contributed by atoms with Crippen LogP contribution in [-0.2, 0) is 0 Å². The minimum absolute atomic E-state index is 0.0143. The van der Waals surface area contributed by atoms with Gasteiger partial charge < -0.3 is 0 Å². The SMILES string of the molecule is O=C(c1ccccc1)c1ccccc1C#Cc1ccccc1P(c1ccccc1)c1ccccc1. The second-order valence-electron chi connectivity index (χ2n) is 8.01. The van der Waals surface area contributed by atoms with Crippen LogP contribution in [0.3, 0.4) is 0 Å². The van der Waals surface area contributed by atoms with E-state index in [0.717, 1.165) is 11.1 Å². The van der Waals surface area contributed by atoms with Gasteiger partial charge in [0.25, 0.3) is 0 Å². The van der Waals surface area contributed by atoms with E-state index in [0.29, 0.717) is 11.1 Å². The molecule has 0 fully saturated rings. The van der Waals surface area contributed by atoms with Crippen molar-refractivity contribution >= 4 is 29.6 Å². The minimum Gasteiger partial charge on any atom is -0.289 e. The Kier molecular flexibility index (Phi) is 6.95. The van der Waals surface area contributed by atoms with E-state index in [1.54, 1.807) is 0 Å². The van der Waals surface area contributed by atoms with Crippen LogP contribution in [0.4, 0.5) is 0 Å². The average molecular weight is 467 g/mol. The number of hydrogen-bond donors (Lipinski definition) is 0. The molecule has 0 bridgehead atoms. The number of carbonyl (C=O) groups excluding carboxylic acids is 1. The molecule has 5 rings (SSSR count). The van der Waals surface area contributed by atoms with Gasteiger partial charge in [-0.25, -0.2) is 0 Å². The van der Waals surface area contributed by atoms with E-state index < -0.39 is 7.92 Å². The van der Waals surface area contributed by atoms with E-state index >= 15 is 0 Å². The maximum Gasteiger partial charge on any atom is 0.194 e. The Labute approximate surface area is 207 Å². The zero-order valence-electron chi connectivity index (χ0n) is 19.1. The molecular weight excluding hydrogens is 443 g/mol. The molecule has 35 heavy (non-hydrogen) atoms. The standard InChI is InChI=1S/C33H23OP/c34-33(28-16-4-1-5-17-28)31-22-12-10-14-26(31)24-25-27-15-11-13-23-32(27)35(29-18-6-2-7-19-29)30-20-8-3-9-21-30/h1-23H. The quantitative estimate of drug-likeness (QED) is 0.174. The summed E-state index contributed by atoms with van der Waals surface area (Å²) in [5, 5.41) is 3.77. The highest BCUT2D eigenvalue weighted by Gasteiger charge is 2.18. The first kappa shape index (κ1) is 22.5. The maximum atomic E-state index is 13.2. The topological polar surface area (TPSA) is 17.1 Å². The van der Waals surface area contributed by atoms with Crippen molar-refractivity contribution in [2.24, 2.45) is 0 Å². The molecule has 5 aromatic rings. The molecule has 5 aromatic carbocycles. The third kappa shape index (κ3) is 5.15. The van der Waals surface area contributed by atoms with Crippen LogP contribution >= 0.6 is 7.92 Å². The molecule has 1 nitrogen and oxygen atoms in total. The van der Waals surface area contributed by atoms with Crippen LogP contribution < -0.4 is 15.9 Å². The normalized spacial score (nSPS) is 10.4. The molecule has 0 amide bonds. The van der Waals surface area contributed by atoms with Gasteiger partial charge in [0.15, 0.2) is 5.78 Å². The second-order valence-corrected chi connectivity index (χ2v) is 10.2. The van der Waals surface area contributed by atoms with Crippen LogP contribution in [0.25, 0.3) is 0 Å². The fourth-order valence-corrected chi connectivity index (χ4v) is 6.43. The molecule has 0 unspecified atom stereocenters. The lowest BCUT2D eigenvalue weighted by Crippen LogP contribution is -2.22. The Hall–Kier alpha value is -4.24. The molecule has 0 aromatic heterocycles. The molecular formula is C33H23OP. The second kappa shape index (κ2) is 10.8. The highest BCUT2D eigenvalue weighted by molar-refractivity contribution is 7.80. The molecule has 0 atom stereocenters. The Morgan fingerprint density at radius 3 is 1.57 bits per heavy atom. The smallest absolute Gasteiger partial charge is 0.194 e. The fourth-order valence-electron chi connectivity index (χ4n) is 4.03. The Bertz CT molecular complexity index is 1460. The Morgan fingerprint density at radius 2 is 0.943 bits per heavy atom. The van der Waals surface area contributed by atoms with Gasteiger partial charge >= 0.3 is 0 Å². The van der Waals surface area contributed by atoms with Crippen LogP contribution in [0.1, 0.15) is 27.0 Å². The van der Waals surface area contributed by atoms with Gasteiger partial charge in [-0.1, -0.05) is 133 Å². The molecule has 0 saturated carbocycles. The zero-order chi connectivity index (χ0) is 23.9. The summed E-state index contributed by atoms with van der Waals surface area (Å²) in [6.45, 7) is 0. The Morgan fingerprint density at radius 1 is 0.486 bits per heavy atom. The summed E-state index contributed by atoms with van der Waals surface area (Å²) >= 11 is 0. The predicted molar refractivity (Wildman–Crippen MR) is 147 cm³/mol. The van der Waals surface area contributed by atoms with Gasteiger partial charge in [-0.05, 0) is 36.7 Å². The summed E-state index contributed by atoms with van der Waals surface area (Å²) < 4.78 is 0. The van der Waals surface area contributed by atoms with Gasteiger partial charge in [0.05, 0.1) is 0 Å². The van der Waals surface area contributed by atoms with Gasteiger partial charge in [-0.2, -0.15) is 0 Å². The number of carbonyl (C=O) groups is 1. The molecule has 0 saturated heterocycles. The molecule has 166 valence electrons. The van der Waals surface area contributed by atoms with Crippen molar-refractivity contribution < 1.29 is 4.79 Å². The average Bonchev–Trinajstić information content (AvgIpc) is 2.94. The Balaban J connectivity index is 1.59. The summed E-state index contributed by atoms with van der Waals surface area (Å²) in [5.41, 5.74) is 3.00. The van der Waals surface area contributed by atoms with Gasteiger partial charge in [0, 0.05) is 27.6 Å². The number of ketones is 1. The van der Waals surface area contributed by atoms with E-state index in [2.05, 4.69) is 78.6 Å². The summed E-state index contributed by atoms with van der Waals surface area (Å²) in [7, 11) is -0.773. The van der Waals surface area contributed by atoms with Crippen molar-refractivity contribution in [3.8, 4) is 11.8 Å². The van der Waals surface area contributed by atoms with Crippen molar-refractivity contribution in [2.45, 2.75) is 0 Å². The van der Waals surface area contributed by atoms with E-state index in [1.807, 2.05) is 72.8 Å². The monoisotopic (exact) mass is 466 g/mol. The highest BCUT2D eigenvalue weighted by atomic mass is 31.1. The lowest BCUT2D eigenvalue weighted by Gasteiger charge is -2.20. The van der Waals surface area contributed by atoms with Crippen molar-refractivity contribution in [3.05, 3.63) is 162 Å². The lowest BCUT2D eigenvalue weighted by molar-refractivity contribution is 0.103. The van der Waals surface area contributed by atoms with Crippen molar-refractivity contribution in [3.63, 3.8) is 0 Å². The summed E-state index contributed by atoms with van der Waals surface area (Å²) in [4.78, 5) is 13.2. The van der Waals surface area contributed by atoms with Crippen LogP contribution in [-0.4, -0.2) is 5.78 Å². The molecule has 0 aliphatic heterocycles. The zero-order valence-corrected chi connectivity index (χ0v) is 20.0. The van der Waals surface area contributed by atoms with Gasteiger partial charge in [-0.3, -0.25) is 4.79 Å². The van der Waals surface area contributed by atoms with Crippen LogP contribution in [0.5, 0.6) is 0 Å². The summed E-state index contributed by atoms with van der Waals surface area (Å²) in [6.07, 6.45) is 0. The molecule has 0 heterocycles. The van der Waals surface area contributed by atoms with E-state index in [1.165, 1.54) is 15.9 Å². The van der Waals surface area contributed by atoms with Crippen LogP contribution in [0, 0.1) is 11.8 Å². The molecule has 0 N–H and O–H groups in total. The van der Waals surface area contributed by atoms with E-state index in [4.69, 9.17) is 0 Å². The summed E-state index contributed by atoms with van der Waals surface area (Å²) in [5.74, 6) is 6.71. The highest BCUT2D eigenvalue weighted by Crippen LogP contribution is 2.33. The summed E-state index contributed by atoms with van der Waals surface area (Å²) in [6, 6.07) is 46.5. The van der Waals surface area contributed by atoms with Gasteiger partial charge in [0.2, 0.25) is 0 Å². The number of rotatable bonds is 5.